The van der Waals surface area contributed by atoms with E-state index >= 15 is 0 Å². The maximum Gasteiger partial charge on any atom is 0.322 e. The Kier molecular flexibility index (Phi) is 6.68. The number of aliphatic carboxylic acids is 1. The van der Waals surface area contributed by atoms with Gasteiger partial charge in [0, 0.05) is 6.42 Å². The van der Waals surface area contributed by atoms with E-state index in [4.69, 9.17) is 5.11 Å². The van der Waals surface area contributed by atoms with Gasteiger partial charge in [-0.05, 0) is 104 Å². The van der Waals surface area contributed by atoms with E-state index in [2.05, 4.69) is 26.1 Å². The van der Waals surface area contributed by atoms with E-state index in [-0.39, 0.29) is 35.5 Å². The van der Waals surface area contributed by atoms with Crippen LogP contribution >= 0.6 is 0 Å². The van der Waals surface area contributed by atoms with Crippen molar-refractivity contribution in [3.63, 3.8) is 0 Å². The molecule has 32 heavy (non-hydrogen) atoms. The summed E-state index contributed by atoms with van der Waals surface area (Å²) < 4.78 is 0. The molecule has 4 saturated carbocycles. The number of carboxylic acids is 1. The fourth-order valence-corrected chi connectivity index (χ4v) is 8.98. The molecular formula is C26H43NO5. The van der Waals surface area contributed by atoms with Crippen molar-refractivity contribution in [2.24, 2.45) is 46.3 Å². The third-order valence-electron chi connectivity index (χ3n) is 10.8. The summed E-state index contributed by atoms with van der Waals surface area (Å²) in [6.45, 7) is 6.65. The SMILES string of the molecule is C[C@@H](CCC(=O)NCC(=O)O)[C@@H]1CC[C@@H]2[C@H]3CC[C@H]4C[C@@H](O)CC[C@]4(C)[C@@H]3C[C@@H](O)[C@@]21C. The lowest BCUT2D eigenvalue weighted by atomic mass is 9.43. The Morgan fingerprint density at radius 3 is 2.50 bits per heavy atom. The summed E-state index contributed by atoms with van der Waals surface area (Å²) in [7, 11) is 0. The number of rotatable bonds is 6. The number of amides is 1. The molecular weight excluding hydrogens is 406 g/mol. The lowest BCUT2D eigenvalue weighted by Gasteiger charge is -2.62. The highest BCUT2D eigenvalue weighted by atomic mass is 16.4. The summed E-state index contributed by atoms with van der Waals surface area (Å²) in [6, 6.07) is 0. The minimum Gasteiger partial charge on any atom is -0.480 e. The molecule has 0 unspecified atom stereocenters. The highest BCUT2D eigenvalue weighted by molar-refractivity contribution is 5.81. The van der Waals surface area contributed by atoms with Crippen molar-refractivity contribution in [2.45, 2.75) is 97.2 Å². The van der Waals surface area contributed by atoms with Gasteiger partial charge >= 0.3 is 5.97 Å². The molecule has 6 nitrogen and oxygen atoms in total. The molecule has 1 amide bonds. The Bertz CT molecular complexity index is 727. The number of fused-ring (bicyclic) bond motifs is 5. The van der Waals surface area contributed by atoms with Gasteiger partial charge in [-0.25, -0.2) is 0 Å². The lowest BCUT2D eigenvalue weighted by molar-refractivity contribution is -0.175. The van der Waals surface area contributed by atoms with Crippen LogP contribution in [0.15, 0.2) is 0 Å². The van der Waals surface area contributed by atoms with E-state index in [9.17, 15) is 19.8 Å². The molecule has 0 aliphatic heterocycles. The minimum atomic E-state index is -1.02. The molecule has 0 spiro atoms. The van der Waals surface area contributed by atoms with Crippen LogP contribution in [0.2, 0.25) is 0 Å². The monoisotopic (exact) mass is 449 g/mol. The third-order valence-corrected chi connectivity index (χ3v) is 10.8. The predicted octanol–water partition coefficient (Wildman–Crippen LogP) is 3.59. The molecule has 6 heteroatoms. The van der Waals surface area contributed by atoms with Crippen molar-refractivity contribution < 1.29 is 24.9 Å². The number of nitrogens with one attached hydrogen (secondary N) is 1. The highest BCUT2D eigenvalue weighted by Gasteiger charge is 2.63. The molecule has 0 radical (unpaired) electrons. The van der Waals surface area contributed by atoms with Crippen molar-refractivity contribution in [2.75, 3.05) is 6.54 Å². The van der Waals surface area contributed by atoms with Gasteiger partial charge in [0.2, 0.25) is 5.91 Å². The predicted molar refractivity (Wildman–Crippen MR) is 122 cm³/mol. The number of hydrogen-bond donors (Lipinski definition) is 4. The molecule has 0 saturated heterocycles. The third kappa shape index (κ3) is 4.00. The summed E-state index contributed by atoms with van der Waals surface area (Å²) in [5, 5.41) is 33.0. The molecule has 0 aromatic rings. The number of aliphatic hydroxyl groups is 2. The summed E-state index contributed by atoms with van der Waals surface area (Å²) in [4.78, 5) is 22.7. The second kappa shape index (κ2) is 8.90. The molecule has 0 heterocycles. The smallest absolute Gasteiger partial charge is 0.322 e. The lowest BCUT2D eigenvalue weighted by Crippen LogP contribution is -2.58. The highest BCUT2D eigenvalue weighted by Crippen LogP contribution is 2.68. The Balaban J connectivity index is 1.45. The number of aliphatic hydroxyl groups excluding tert-OH is 2. The number of carboxylic acid groups (broad SMARTS) is 1. The van der Waals surface area contributed by atoms with Crippen molar-refractivity contribution in [3.05, 3.63) is 0 Å². The molecule has 0 aromatic heterocycles. The minimum absolute atomic E-state index is 0.102. The maximum absolute atomic E-state index is 12.0. The molecule has 0 bridgehead atoms. The average Bonchev–Trinajstić information content (AvgIpc) is 3.10. The summed E-state index contributed by atoms with van der Waals surface area (Å²) in [5.74, 6) is 1.84. The van der Waals surface area contributed by atoms with Gasteiger partial charge in [0.15, 0.2) is 0 Å². The van der Waals surface area contributed by atoms with E-state index in [0.29, 0.717) is 41.9 Å². The average molecular weight is 450 g/mol. The Hall–Kier alpha value is -1.14. The second-order valence-electron chi connectivity index (χ2n) is 12.1. The molecule has 182 valence electrons. The van der Waals surface area contributed by atoms with Gasteiger partial charge in [-0.15, -0.1) is 0 Å². The van der Waals surface area contributed by atoms with Crippen LogP contribution in [0, 0.1) is 46.3 Å². The number of carbonyl (C=O) groups excluding carboxylic acids is 1. The zero-order valence-electron chi connectivity index (χ0n) is 20.1. The van der Waals surface area contributed by atoms with Crippen LogP contribution < -0.4 is 5.32 Å². The van der Waals surface area contributed by atoms with Gasteiger partial charge in [0.05, 0.1) is 12.2 Å². The first-order valence-corrected chi connectivity index (χ1v) is 12.9. The normalized spacial score (nSPS) is 46.5. The van der Waals surface area contributed by atoms with Crippen LogP contribution in [0.5, 0.6) is 0 Å². The van der Waals surface area contributed by atoms with Crippen LogP contribution in [0.3, 0.4) is 0 Å². The van der Waals surface area contributed by atoms with Crippen LogP contribution in [0.25, 0.3) is 0 Å². The van der Waals surface area contributed by atoms with Gasteiger partial charge < -0.3 is 20.6 Å². The number of hydrogen-bond acceptors (Lipinski definition) is 4. The van der Waals surface area contributed by atoms with E-state index < -0.39 is 5.97 Å². The standard InChI is InChI=1S/C26H43NO5/c1-15(4-9-23(30)27-14-24(31)32)19-7-8-20-18-6-5-16-12-17(28)10-11-25(16,2)21(18)13-22(29)26(19,20)3/h15-22,28-29H,4-14H2,1-3H3,(H,27,30)(H,31,32)/t15-,16-,17-,18+,19-,20+,21+,22+,25-,26+/m0/s1. The summed E-state index contributed by atoms with van der Waals surface area (Å²) in [6.07, 6.45) is 9.12. The first-order valence-electron chi connectivity index (χ1n) is 12.9. The van der Waals surface area contributed by atoms with Crippen molar-refractivity contribution in [1.82, 2.24) is 5.32 Å². The second-order valence-corrected chi connectivity index (χ2v) is 12.1. The van der Waals surface area contributed by atoms with Gasteiger partial charge in [-0.2, -0.15) is 0 Å². The maximum atomic E-state index is 12.0. The topological polar surface area (TPSA) is 107 Å². The zero-order chi connectivity index (χ0) is 23.3. The van der Waals surface area contributed by atoms with Crippen LogP contribution in [-0.2, 0) is 9.59 Å². The fourth-order valence-electron chi connectivity index (χ4n) is 8.98. The Morgan fingerprint density at radius 1 is 1.03 bits per heavy atom. The van der Waals surface area contributed by atoms with Gasteiger partial charge in [-0.3, -0.25) is 9.59 Å². The molecule has 4 fully saturated rings. The first-order chi connectivity index (χ1) is 15.1. The largest absolute Gasteiger partial charge is 0.480 e. The Morgan fingerprint density at radius 2 is 1.78 bits per heavy atom. The van der Waals surface area contributed by atoms with Crippen LogP contribution in [-0.4, -0.2) is 45.9 Å². The van der Waals surface area contributed by atoms with E-state index in [1.165, 1.54) is 12.8 Å². The fraction of sp³-hybridized carbons (Fsp3) is 0.923. The van der Waals surface area contributed by atoms with E-state index in [1.54, 1.807) is 0 Å². The number of carbonyl (C=O) groups is 2. The molecule has 4 aliphatic carbocycles. The van der Waals surface area contributed by atoms with E-state index in [0.717, 1.165) is 44.9 Å². The summed E-state index contributed by atoms with van der Waals surface area (Å²) >= 11 is 0. The van der Waals surface area contributed by atoms with Crippen molar-refractivity contribution >= 4 is 11.9 Å². The first kappa shape index (κ1) is 24.0. The summed E-state index contributed by atoms with van der Waals surface area (Å²) in [5.41, 5.74) is 0.145. The van der Waals surface area contributed by atoms with Gasteiger partial charge in [0.1, 0.15) is 6.54 Å². The van der Waals surface area contributed by atoms with Crippen LogP contribution in [0.4, 0.5) is 0 Å². The zero-order valence-corrected chi connectivity index (χ0v) is 20.1. The quantitative estimate of drug-likeness (QED) is 0.496. The molecule has 0 aromatic carbocycles. The van der Waals surface area contributed by atoms with Crippen LogP contribution in [0.1, 0.15) is 85.0 Å². The Labute approximate surface area is 192 Å². The van der Waals surface area contributed by atoms with Gasteiger partial charge in [-0.1, -0.05) is 20.8 Å². The molecule has 4 aliphatic rings. The van der Waals surface area contributed by atoms with Crippen molar-refractivity contribution in [1.29, 1.82) is 0 Å². The van der Waals surface area contributed by atoms with Gasteiger partial charge in [0.25, 0.3) is 0 Å². The molecule has 4 rings (SSSR count). The van der Waals surface area contributed by atoms with Crippen molar-refractivity contribution in [3.8, 4) is 0 Å². The van der Waals surface area contributed by atoms with E-state index in [1.807, 2.05) is 0 Å². The molecule has 4 N–H and O–H groups in total. The molecule has 10 atom stereocenters.